The highest BCUT2D eigenvalue weighted by atomic mass is 79.9. The van der Waals surface area contributed by atoms with Crippen molar-refractivity contribution >= 4 is 39.8 Å². The molecule has 0 aliphatic heterocycles. The van der Waals surface area contributed by atoms with Crippen LogP contribution < -0.4 is 10.1 Å². The number of esters is 1. The van der Waals surface area contributed by atoms with E-state index >= 15 is 0 Å². The van der Waals surface area contributed by atoms with E-state index in [1.165, 1.54) is 18.2 Å². The molecule has 2 amide bonds. The first-order valence-corrected chi connectivity index (χ1v) is 8.62. The Morgan fingerprint density at radius 3 is 2.46 bits per heavy atom. The summed E-state index contributed by atoms with van der Waals surface area (Å²) in [4.78, 5) is 35.2. The zero-order chi connectivity index (χ0) is 20.5. The summed E-state index contributed by atoms with van der Waals surface area (Å²) >= 11 is 3.30. The van der Waals surface area contributed by atoms with Crippen LogP contribution in [0.15, 0.2) is 59.1 Å². The van der Waals surface area contributed by atoms with Crippen molar-refractivity contribution in [2.24, 2.45) is 0 Å². The fraction of sp³-hybridized carbons (Fsp3) is 0.105. The molecule has 1 N–H and O–H groups in total. The maximum Gasteiger partial charge on any atom is 0.387 e. The minimum Gasteiger partial charge on any atom is -0.452 e. The monoisotopic (exact) mass is 453 g/mol. The van der Waals surface area contributed by atoms with E-state index in [-0.39, 0.29) is 11.3 Å². The lowest BCUT2D eigenvalue weighted by Gasteiger charge is -2.06. The Morgan fingerprint density at radius 2 is 1.82 bits per heavy atom. The molecule has 0 saturated heterocycles. The fourth-order valence-corrected chi connectivity index (χ4v) is 2.40. The van der Waals surface area contributed by atoms with Gasteiger partial charge in [-0.25, -0.2) is 4.79 Å². The highest BCUT2D eigenvalue weighted by Gasteiger charge is 2.12. The van der Waals surface area contributed by atoms with Crippen LogP contribution in [-0.4, -0.2) is 31.0 Å². The third-order valence-electron chi connectivity index (χ3n) is 3.20. The second-order valence-corrected chi connectivity index (χ2v) is 6.19. The molecule has 0 saturated carbocycles. The Morgan fingerprint density at radius 1 is 1.11 bits per heavy atom. The molecule has 0 aliphatic rings. The molecule has 0 aromatic heterocycles. The van der Waals surface area contributed by atoms with Crippen LogP contribution in [0.2, 0.25) is 0 Å². The lowest BCUT2D eigenvalue weighted by atomic mass is 10.2. The number of hydrogen-bond acceptors (Lipinski definition) is 5. The van der Waals surface area contributed by atoms with Crippen LogP contribution in [0, 0.1) is 0 Å². The Hall–Kier alpha value is -3.07. The maximum atomic E-state index is 12.1. The Labute approximate surface area is 167 Å². The van der Waals surface area contributed by atoms with E-state index in [4.69, 9.17) is 4.74 Å². The second-order valence-electron chi connectivity index (χ2n) is 5.28. The van der Waals surface area contributed by atoms with Crippen molar-refractivity contribution in [3.63, 3.8) is 0 Å². The van der Waals surface area contributed by atoms with Gasteiger partial charge in [0.2, 0.25) is 0 Å². The molecule has 2 aromatic rings. The lowest BCUT2D eigenvalue weighted by Crippen LogP contribution is -2.34. The Balaban J connectivity index is 1.79. The van der Waals surface area contributed by atoms with E-state index in [1.807, 2.05) is 11.4 Å². The number of nitrogens with one attached hydrogen (secondary N) is 1. The van der Waals surface area contributed by atoms with Crippen LogP contribution >= 0.6 is 15.9 Å². The SMILES string of the molecule is O=C(COC(=O)/C=C/c1cccc(Br)c1)NC(=O)c1ccc(OC(F)F)cc1. The number of amides is 2. The first-order chi connectivity index (χ1) is 13.3. The smallest absolute Gasteiger partial charge is 0.387 e. The van der Waals surface area contributed by atoms with E-state index < -0.39 is 31.0 Å². The van der Waals surface area contributed by atoms with Crippen LogP contribution in [0.3, 0.4) is 0 Å². The van der Waals surface area contributed by atoms with Gasteiger partial charge in [-0.3, -0.25) is 14.9 Å². The predicted molar refractivity (Wildman–Crippen MR) is 99.7 cm³/mol. The van der Waals surface area contributed by atoms with Gasteiger partial charge in [-0.05, 0) is 48.0 Å². The van der Waals surface area contributed by atoms with Crippen molar-refractivity contribution in [2.75, 3.05) is 6.61 Å². The topological polar surface area (TPSA) is 81.7 Å². The molecule has 2 rings (SSSR count). The quantitative estimate of drug-likeness (QED) is 0.511. The van der Waals surface area contributed by atoms with E-state index in [0.29, 0.717) is 0 Å². The van der Waals surface area contributed by atoms with Crippen molar-refractivity contribution in [1.29, 1.82) is 0 Å². The van der Waals surface area contributed by atoms with Gasteiger partial charge in [-0.15, -0.1) is 0 Å². The van der Waals surface area contributed by atoms with Crippen molar-refractivity contribution in [3.05, 3.63) is 70.2 Å². The van der Waals surface area contributed by atoms with E-state index in [1.54, 1.807) is 18.2 Å². The normalized spacial score (nSPS) is 10.7. The Kier molecular flexibility index (Phi) is 7.82. The fourth-order valence-electron chi connectivity index (χ4n) is 1.98. The number of carbonyl (C=O) groups is 3. The zero-order valence-electron chi connectivity index (χ0n) is 14.2. The number of alkyl halides is 2. The minimum atomic E-state index is -2.98. The van der Waals surface area contributed by atoms with Gasteiger partial charge < -0.3 is 9.47 Å². The summed E-state index contributed by atoms with van der Waals surface area (Å²) in [5.74, 6) is -2.48. The van der Waals surface area contributed by atoms with Gasteiger partial charge in [0.15, 0.2) is 6.61 Å². The van der Waals surface area contributed by atoms with Gasteiger partial charge >= 0.3 is 12.6 Å². The van der Waals surface area contributed by atoms with Crippen LogP contribution in [0.25, 0.3) is 6.08 Å². The molecule has 0 fully saturated rings. The second kappa shape index (κ2) is 10.3. The summed E-state index contributed by atoms with van der Waals surface area (Å²) in [5, 5.41) is 2.02. The summed E-state index contributed by atoms with van der Waals surface area (Å²) in [6.07, 6.45) is 2.66. The van der Waals surface area contributed by atoms with E-state index in [9.17, 15) is 23.2 Å². The van der Waals surface area contributed by atoms with E-state index in [0.717, 1.165) is 28.2 Å². The number of carbonyl (C=O) groups excluding carboxylic acids is 3. The van der Waals surface area contributed by atoms with Crippen LogP contribution in [0.5, 0.6) is 5.75 Å². The summed E-state index contributed by atoms with van der Waals surface area (Å²) in [6, 6.07) is 11.9. The van der Waals surface area contributed by atoms with Crippen LogP contribution in [0.4, 0.5) is 8.78 Å². The molecule has 0 aliphatic carbocycles. The number of benzene rings is 2. The lowest BCUT2D eigenvalue weighted by molar-refractivity contribution is -0.143. The van der Waals surface area contributed by atoms with Crippen molar-refractivity contribution in [3.8, 4) is 5.75 Å². The molecule has 0 unspecified atom stereocenters. The van der Waals surface area contributed by atoms with Gasteiger partial charge in [0.1, 0.15) is 5.75 Å². The molecule has 0 atom stereocenters. The molecule has 2 aromatic carbocycles. The zero-order valence-corrected chi connectivity index (χ0v) is 15.8. The van der Waals surface area contributed by atoms with Crippen LogP contribution in [-0.2, 0) is 14.3 Å². The number of halogens is 3. The minimum absolute atomic E-state index is 0.0517. The average molecular weight is 454 g/mol. The Bertz CT molecular complexity index is 884. The summed E-state index contributed by atoms with van der Waals surface area (Å²) in [6.45, 7) is -3.63. The van der Waals surface area contributed by atoms with Crippen LogP contribution in [0.1, 0.15) is 15.9 Å². The summed E-state index contributed by atoms with van der Waals surface area (Å²) in [7, 11) is 0. The summed E-state index contributed by atoms with van der Waals surface area (Å²) in [5.41, 5.74) is 0.807. The molecular weight excluding hydrogens is 440 g/mol. The molecule has 9 heteroatoms. The largest absolute Gasteiger partial charge is 0.452 e. The molecule has 0 spiro atoms. The van der Waals surface area contributed by atoms with Gasteiger partial charge in [0.05, 0.1) is 0 Å². The first-order valence-electron chi connectivity index (χ1n) is 7.83. The molecule has 28 heavy (non-hydrogen) atoms. The highest BCUT2D eigenvalue weighted by molar-refractivity contribution is 9.10. The highest BCUT2D eigenvalue weighted by Crippen LogP contribution is 2.15. The molecule has 146 valence electrons. The standard InChI is InChI=1S/C19H14BrF2NO5/c20-14-3-1-2-12(10-14)4-9-17(25)27-11-16(24)23-18(26)13-5-7-15(8-6-13)28-19(21)22/h1-10,19H,11H2,(H,23,24,26)/b9-4+. The number of imide groups is 1. The molecule has 0 radical (unpaired) electrons. The first kappa shape index (κ1) is 21.2. The third-order valence-corrected chi connectivity index (χ3v) is 3.69. The number of ether oxygens (including phenoxy) is 2. The number of rotatable bonds is 7. The summed E-state index contributed by atoms with van der Waals surface area (Å²) < 4.78 is 33.9. The van der Waals surface area contributed by atoms with Gasteiger partial charge in [0.25, 0.3) is 11.8 Å². The van der Waals surface area contributed by atoms with Gasteiger partial charge in [0, 0.05) is 16.1 Å². The van der Waals surface area contributed by atoms with Crippen molar-refractivity contribution < 1.29 is 32.6 Å². The van der Waals surface area contributed by atoms with Gasteiger partial charge in [-0.1, -0.05) is 28.1 Å². The molecule has 6 nitrogen and oxygen atoms in total. The molecule has 0 heterocycles. The molecule has 0 bridgehead atoms. The van der Waals surface area contributed by atoms with Crippen molar-refractivity contribution in [1.82, 2.24) is 5.32 Å². The molecular formula is C19H14BrF2NO5. The maximum absolute atomic E-state index is 12.1. The van der Waals surface area contributed by atoms with Crippen molar-refractivity contribution in [2.45, 2.75) is 6.61 Å². The van der Waals surface area contributed by atoms with Gasteiger partial charge in [-0.2, -0.15) is 8.78 Å². The average Bonchev–Trinajstić information content (AvgIpc) is 2.65. The third kappa shape index (κ3) is 7.28. The van der Waals surface area contributed by atoms with E-state index in [2.05, 4.69) is 20.7 Å². The number of hydrogen-bond donors (Lipinski definition) is 1. The predicted octanol–water partition coefficient (Wildman–Crippen LogP) is 3.56.